The second kappa shape index (κ2) is 8.62. The quantitative estimate of drug-likeness (QED) is 0.376. The zero-order valence-electron chi connectivity index (χ0n) is 19.8. The van der Waals surface area contributed by atoms with E-state index in [4.69, 9.17) is 9.72 Å². The van der Waals surface area contributed by atoms with Crippen molar-refractivity contribution < 1.29 is 14.6 Å². The molecule has 0 saturated heterocycles. The van der Waals surface area contributed by atoms with Crippen LogP contribution in [-0.4, -0.2) is 68.1 Å². The van der Waals surface area contributed by atoms with Crippen LogP contribution in [0.25, 0.3) is 27.9 Å². The third-order valence-corrected chi connectivity index (χ3v) is 7.40. The summed E-state index contributed by atoms with van der Waals surface area (Å²) in [5, 5.41) is 21.4. The fourth-order valence-corrected chi connectivity index (χ4v) is 5.20. The number of aromatic nitrogens is 5. The Morgan fingerprint density at radius 2 is 2.14 bits per heavy atom. The first kappa shape index (κ1) is 22.0. The van der Waals surface area contributed by atoms with Gasteiger partial charge >= 0.3 is 0 Å². The summed E-state index contributed by atoms with van der Waals surface area (Å²) in [5.74, 6) is 1.02. The maximum Gasteiger partial charge on any atom is 0.257 e. The number of rotatable bonds is 7. The average Bonchev–Trinajstić information content (AvgIpc) is 3.45. The SMILES string of the molecule is CNc1cc(-c2cn([C@H]3C[C@@H](COC)C3)c3ncccc23)nc2c(C(=O)N[C@H]3CC[C@H]3O)cnn12. The highest BCUT2D eigenvalue weighted by molar-refractivity contribution is 6.01. The maximum absolute atomic E-state index is 13.0. The van der Waals surface area contributed by atoms with E-state index >= 15 is 0 Å². The number of hydrogen-bond donors (Lipinski definition) is 3. The largest absolute Gasteiger partial charge is 0.391 e. The highest BCUT2D eigenvalue weighted by atomic mass is 16.5. The fourth-order valence-electron chi connectivity index (χ4n) is 5.20. The summed E-state index contributed by atoms with van der Waals surface area (Å²) in [7, 11) is 3.57. The van der Waals surface area contributed by atoms with Crippen molar-refractivity contribution >= 4 is 28.4 Å². The van der Waals surface area contributed by atoms with E-state index in [2.05, 4.69) is 37.5 Å². The Morgan fingerprint density at radius 1 is 1.29 bits per heavy atom. The van der Waals surface area contributed by atoms with Gasteiger partial charge in [0.25, 0.3) is 5.91 Å². The minimum absolute atomic E-state index is 0.224. The highest BCUT2D eigenvalue weighted by Gasteiger charge is 2.33. The highest BCUT2D eigenvalue weighted by Crippen LogP contribution is 2.42. The molecule has 4 aromatic heterocycles. The van der Waals surface area contributed by atoms with E-state index in [0.29, 0.717) is 29.6 Å². The third-order valence-electron chi connectivity index (χ3n) is 7.40. The minimum Gasteiger partial charge on any atom is -0.391 e. The predicted octanol–water partition coefficient (Wildman–Crippen LogP) is 2.64. The van der Waals surface area contributed by atoms with Gasteiger partial charge in [0.2, 0.25) is 0 Å². The standard InChI is InChI=1S/C25H29N7O3/c1-26-22-10-20(29-24-17(11-28-32(22)24)25(34)30-19-5-6-21(19)33)18-12-31(15-8-14(9-15)13-35-2)23-16(18)4-3-7-27-23/h3-4,7,10-12,14-15,19,21,26,33H,5-6,8-9,13H2,1-2H3,(H,30,34)/t14-,15+,19-,21+/m0/s1. The van der Waals surface area contributed by atoms with Gasteiger partial charge in [-0.1, -0.05) is 0 Å². The monoisotopic (exact) mass is 475 g/mol. The number of ether oxygens (including phenoxy) is 1. The molecule has 182 valence electrons. The first-order chi connectivity index (χ1) is 17.1. The smallest absolute Gasteiger partial charge is 0.257 e. The second-order valence-corrected chi connectivity index (χ2v) is 9.57. The molecule has 3 N–H and O–H groups in total. The van der Waals surface area contributed by atoms with Gasteiger partial charge < -0.3 is 25.0 Å². The van der Waals surface area contributed by atoms with Crippen LogP contribution in [0.4, 0.5) is 5.82 Å². The van der Waals surface area contributed by atoms with Crippen molar-refractivity contribution in [2.24, 2.45) is 5.92 Å². The van der Waals surface area contributed by atoms with E-state index < -0.39 is 6.10 Å². The number of nitrogens with zero attached hydrogens (tertiary/aromatic N) is 5. The normalized spacial score (nSPS) is 23.7. The molecule has 0 spiro atoms. The number of carbonyl (C=O) groups excluding carboxylic acids is 1. The second-order valence-electron chi connectivity index (χ2n) is 9.57. The van der Waals surface area contributed by atoms with Crippen molar-refractivity contribution in [2.75, 3.05) is 26.1 Å². The lowest BCUT2D eigenvalue weighted by Gasteiger charge is -2.36. The van der Waals surface area contributed by atoms with Crippen molar-refractivity contribution in [3.63, 3.8) is 0 Å². The molecule has 2 saturated carbocycles. The number of methoxy groups -OCH3 is 1. The third kappa shape index (κ3) is 3.64. The Balaban J connectivity index is 1.42. The van der Waals surface area contributed by atoms with Crippen LogP contribution >= 0.6 is 0 Å². The molecule has 35 heavy (non-hydrogen) atoms. The van der Waals surface area contributed by atoms with Crippen LogP contribution < -0.4 is 10.6 Å². The Morgan fingerprint density at radius 3 is 2.86 bits per heavy atom. The lowest BCUT2D eigenvalue weighted by atomic mass is 9.80. The molecule has 0 radical (unpaired) electrons. The number of aliphatic hydroxyl groups excluding tert-OH is 1. The van der Waals surface area contributed by atoms with Crippen LogP contribution in [-0.2, 0) is 4.74 Å². The molecule has 10 nitrogen and oxygen atoms in total. The number of anilines is 1. The van der Waals surface area contributed by atoms with Gasteiger partial charge in [0, 0.05) is 56.2 Å². The molecule has 2 atom stereocenters. The van der Waals surface area contributed by atoms with Gasteiger partial charge in [0.1, 0.15) is 17.0 Å². The summed E-state index contributed by atoms with van der Waals surface area (Å²) in [6.45, 7) is 0.781. The summed E-state index contributed by atoms with van der Waals surface area (Å²) in [5.41, 5.74) is 3.48. The molecule has 2 aliphatic rings. The molecule has 10 heteroatoms. The van der Waals surface area contributed by atoms with Crippen LogP contribution in [0.2, 0.25) is 0 Å². The van der Waals surface area contributed by atoms with Gasteiger partial charge in [-0.05, 0) is 43.7 Å². The topological polar surface area (TPSA) is 119 Å². The van der Waals surface area contributed by atoms with Gasteiger partial charge in [-0.3, -0.25) is 4.79 Å². The number of hydrogen-bond acceptors (Lipinski definition) is 7. The van der Waals surface area contributed by atoms with Gasteiger partial charge in [0.15, 0.2) is 5.65 Å². The Kier molecular flexibility index (Phi) is 5.42. The van der Waals surface area contributed by atoms with Gasteiger partial charge in [0.05, 0.1) is 24.0 Å². The van der Waals surface area contributed by atoms with Crippen LogP contribution in [0.15, 0.2) is 36.8 Å². The van der Waals surface area contributed by atoms with E-state index in [1.54, 1.807) is 11.6 Å². The van der Waals surface area contributed by atoms with E-state index in [9.17, 15) is 9.90 Å². The van der Waals surface area contributed by atoms with E-state index in [0.717, 1.165) is 54.0 Å². The molecule has 1 amide bonds. The zero-order chi connectivity index (χ0) is 24.1. The number of amides is 1. The van der Waals surface area contributed by atoms with Crippen molar-refractivity contribution in [1.82, 2.24) is 29.5 Å². The van der Waals surface area contributed by atoms with Crippen molar-refractivity contribution in [3.05, 3.63) is 42.4 Å². The lowest BCUT2D eigenvalue weighted by Crippen LogP contribution is -2.50. The molecule has 0 unspecified atom stereocenters. The molecule has 0 aliphatic heterocycles. The minimum atomic E-state index is -0.495. The van der Waals surface area contributed by atoms with Gasteiger partial charge in [-0.25, -0.2) is 9.97 Å². The molecular formula is C25H29N7O3. The van der Waals surface area contributed by atoms with Crippen molar-refractivity contribution in [3.8, 4) is 11.3 Å². The molecule has 4 aromatic rings. The summed E-state index contributed by atoms with van der Waals surface area (Å²) in [4.78, 5) is 22.6. The van der Waals surface area contributed by atoms with E-state index in [-0.39, 0.29) is 11.9 Å². The predicted molar refractivity (Wildman–Crippen MR) is 131 cm³/mol. The molecule has 2 fully saturated rings. The van der Waals surface area contributed by atoms with Crippen LogP contribution in [0, 0.1) is 5.92 Å². The number of pyridine rings is 1. The molecule has 0 aromatic carbocycles. The summed E-state index contributed by atoms with van der Waals surface area (Å²) >= 11 is 0. The molecular weight excluding hydrogens is 446 g/mol. The van der Waals surface area contributed by atoms with E-state index in [1.807, 2.05) is 25.4 Å². The molecule has 4 heterocycles. The van der Waals surface area contributed by atoms with Crippen LogP contribution in [0.1, 0.15) is 42.1 Å². The summed E-state index contributed by atoms with van der Waals surface area (Å²) in [6, 6.07) is 6.09. The fraction of sp³-hybridized carbons (Fsp3) is 0.440. The summed E-state index contributed by atoms with van der Waals surface area (Å²) in [6.07, 6.45) is 8.57. The Bertz CT molecular complexity index is 1410. The van der Waals surface area contributed by atoms with Gasteiger partial charge in [-0.2, -0.15) is 9.61 Å². The molecule has 0 bridgehead atoms. The van der Waals surface area contributed by atoms with E-state index in [1.165, 1.54) is 6.20 Å². The molecule has 2 aliphatic carbocycles. The molecule has 6 rings (SSSR count). The first-order valence-electron chi connectivity index (χ1n) is 12.1. The van der Waals surface area contributed by atoms with Crippen molar-refractivity contribution in [1.29, 1.82) is 0 Å². The Labute approximate surface area is 202 Å². The zero-order valence-corrected chi connectivity index (χ0v) is 19.8. The summed E-state index contributed by atoms with van der Waals surface area (Å²) < 4.78 is 9.21. The average molecular weight is 476 g/mol. The van der Waals surface area contributed by atoms with Crippen LogP contribution in [0.3, 0.4) is 0 Å². The van der Waals surface area contributed by atoms with Crippen molar-refractivity contribution in [2.45, 2.75) is 43.9 Å². The lowest BCUT2D eigenvalue weighted by molar-refractivity contribution is 0.0448. The first-order valence-corrected chi connectivity index (χ1v) is 12.1. The Hall–Kier alpha value is -3.50. The van der Waals surface area contributed by atoms with Gasteiger partial charge in [-0.15, -0.1) is 0 Å². The number of fused-ring (bicyclic) bond motifs is 2. The number of aliphatic hydroxyl groups is 1. The maximum atomic E-state index is 13.0. The number of nitrogens with one attached hydrogen (secondary N) is 2. The number of carbonyl (C=O) groups is 1. The van der Waals surface area contributed by atoms with Crippen LogP contribution in [0.5, 0.6) is 0 Å².